The van der Waals surface area contributed by atoms with Gasteiger partial charge in [-0.15, -0.1) is 0 Å². The van der Waals surface area contributed by atoms with E-state index in [1.807, 2.05) is 0 Å². The second-order valence-electron chi connectivity index (χ2n) is 3.87. The van der Waals surface area contributed by atoms with Gasteiger partial charge in [-0.3, -0.25) is 14.4 Å². The molecule has 0 bridgehead atoms. The Morgan fingerprint density at radius 2 is 1.71 bits per heavy atom. The van der Waals surface area contributed by atoms with E-state index in [2.05, 4.69) is 4.98 Å². The van der Waals surface area contributed by atoms with Crippen molar-refractivity contribution < 1.29 is 19.1 Å². The van der Waals surface area contributed by atoms with E-state index >= 15 is 0 Å². The van der Waals surface area contributed by atoms with Crippen molar-refractivity contribution in [2.75, 3.05) is 0 Å². The highest BCUT2D eigenvalue weighted by atomic mass is 16.5. The van der Waals surface area contributed by atoms with Gasteiger partial charge in [0.15, 0.2) is 11.6 Å². The summed E-state index contributed by atoms with van der Waals surface area (Å²) in [6, 6.07) is 0. The number of ether oxygens (including phenoxy) is 1. The average molecular weight is 237 g/mol. The number of hydrogen-bond acceptors (Lipinski definition) is 4. The van der Waals surface area contributed by atoms with Crippen LogP contribution in [0.15, 0.2) is 0 Å². The van der Waals surface area contributed by atoms with Crippen LogP contribution < -0.4 is 0 Å². The van der Waals surface area contributed by atoms with Crippen LogP contribution in [0, 0.1) is 6.92 Å². The Kier molecular flexibility index (Phi) is 3.83. The molecule has 0 atom stereocenters. The van der Waals surface area contributed by atoms with Crippen molar-refractivity contribution in [2.45, 2.75) is 34.3 Å². The van der Waals surface area contributed by atoms with Gasteiger partial charge in [-0.25, -0.2) is 0 Å². The predicted octanol–water partition coefficient (Wildman–Crippen LogP) is 1.79. The molecule has 0 aromatic carbocycles. The van der Waals surface area contributed by atoms with E-state index in [0.29, 0.717) is 22.5 Å². The number of hydrogen-bond donors (Lipinski definition) is 1. The van der Waals surface area contributed by atoms with Crippen molar-refractivity contribution in [3.05, 3.63) is 22.5 Å². The van der Waals surface area contributed by atoms with Crippen molar-refractivity contribution in [1.29, 1.82) is 0 Å². The van der Waals surface area contributed by atoms with Crippen LogP contribution in [0.2, 0.25) is 0 Å². The maximum atomic E-state index is 11.5. The number of Topliss-reactive ketones (excluding diaryl/α,β-unsaturated/α-hetero) is 2. The molecule has 1 rings (SSSR count). The molecule has 0 fully saturated rings. The standard InChI is InChI=1S/C12H15NO4/c1-6-11(7(2)14)10(5-17-9(4)16)13-12(6)8(3)15/h13H,5H2,1-4H3. The van der Waals surface area contributed by atoms with Gasteiger partial charge in [0, 0.05) is 19.4 Å². The number of rotatable bonds is 4. The van der Waals surface area contributed by atoms with E-state index in [0.717, 1.165) is 0 Å². The van der Waals surface area contributed by atoms with Crippen molar-refractivity contribution in [2.24, 2.45) is 0 Å². The summed E-state index contributed by atoms with van der Waals surface area (Å²) in [5.41, 5.74) is 1.89. The summed E-state index contributed by atoms with van der Waals surface area (Å²) in [6.45, 7) is 5.78. The fraction of sp³-hybridized carbons (Fsp3) is 0.417. The maximum Gasteiger partial charge on any atom is 0.303 e. The molecule has 92 valence electrons. The lowest BCUT2D eigenvalue weighted by Crippen LogP contribution is -2.04. The van der Waals surface area contributed by atoms with E-state index in [9.17, 15) is 14.4 Å². The molecule has 1 heterocycles. The van der Waals surface area contributed by atoms with Crippen LogP contribution in [0.3, 0.4) is 0 Å². The molecular weight excluding hydrogens is 222 g/mol. The molecule has 0 saturated heterocycles. The quantitative estimate of drug-likeness (QED) is 0.639. The van der Waals surface area contributed by atoms with Gasteiger partial charge in [0.1, 0.15) is 6.61 Å². The molecule has 0 aliphatic heterocycles. The number of aromatic nitrogens is 1. The first kappa shape index (κ1) is 13.2. The molecule has 1 aromatic rings. The summed E-state index contributed by atoms with van der Waals surface area (Å²) in [4.78, 5) is 36.4. The largest absolute Gasteiger partial charge is 0.459 e. The van der Waals surface area contributed by atoms with Crippen LogP contribution in [-0.2, 0) is 16.1 Å². The first-order chi connectivity index (χ1) is 7.84. The third-order valence-electron chi connectivity index (χ3n) is 2.45. The highest BCUT2D eigenvalue weighted by Crippen LogP contribution is 2.20. The topological polar surface area (TPSA) is 76.2 Å². The summed E-state index contributed by atoms with van der Waals surface area (Å²) >= 11 is 0. The molecular formula is C12H15NO4. The first-order valence-electron chi connectivity index (χ1n) is 5.21. The van der Waals surface area contributed by atoms with Crippen molar-refractivity contribution in [3.63, 3.8) is 0 Å². The Morgan fingerprint density at radius 1 is 1.12 bits per heavy atom. The van der Waals surface area contributed by atoms with Crippen LogP contribution in [0.5, 0.6) is 0 Å². The van der Waals surface area contributed by atoms with Gasteiger partial charge in [0.05, 0.1) is 11.4 Å². The fourth-order valence-electron chi connectivity index (χ4n) is 1.77. The number of H-pyrrole nitrogens is 1. The zero-order valence-corrected chi connectivity index (χ0v) is 10.3. The minimum absolute atomic E-state index is 0.0294. The predicted molar refractivity (Wildman–Crippen MR) is 61.0 cm³/mol. The summed E-state index contributed by atoms with van der Waals surface area (Å²) in [6.07, 6.45) is 0. The molecule has 5 nitrogen and oxygen atoms in total. The fourth-order valence-corrected chi connectivity index (χ4v) is 1.77. The summed E-state index contributed by atoms with van der Waals surface area (Å²) in [7, 11) is 0. The molecule has 0 radical (unpaired) electrons. The highest BCUT2D eigenvalue weighted by Gasteiger charge is 2.20. The highest BCUT2D eigenvalue weighted by molar-refractivity contribution is 6.02. The molecule has 0 amide bonds. The van der Waals surface area contributed by atoms with E-state index in [1.165, 1.54) is 20.8 Å². The zero-order valence-electron chi connectivity index (χ0n) is 10.3. The molecule has 0 spiro atoms. The van der Waals surface area contributed by atoms with E-state index in [-0.39, 0.29) is 18.2 Å². The number of esters is 1. The van der Waals surface area contributed by atoms with Crippen LogP contribution in [-0.4, -0.2) is 22.5 Å². The second kappa shape index (κ2) is 4.95. The molecule has 17 heavy (non-hydrogen) atoms. The normalized spacial score (nSPS) is 10.1. The Balaban J connectivity index is 3.19. The van der Waals surface area contributed by atoms with Crippen molar-refractivity contribution in [3.8, 4) is 0 Å². The third kappa shape index (κ3) is 2.81. The molecule has 1 aromatic heterocycles. The SMILES string of the molecule is CC(=O)OCc1[nH]c(C(C)=O)c(C)c1C(C)=O. The number of carbonyl (C=O) groups excluding carboxylic acids is 3. The summed E-state index contributed by atoms with van der Waals surface area (Å²) in [5.74, 6) is -0.747. The Hall–Kier alpha value is -1.91. The number of nitrogens with one attached hydrogen (secondary N) is 1. The van der Waals surface area contributed by atoms with Gasteiger partial charge in [0.2, 0.25) is 0 Å². The first-order valence-corrected chi connectivity index (χ1v) is 5.21. The lowest BCUT2D eigenvalue weighted by Gasteiger charge is -2.02. The van der Waals surface area contributed by atoms with Crippen LogP contribution in [0.4, 0.5) is 0 Å². The van der Waals surface area contributed by atoms with Crippen LogP contribution in [0.25, 0.3) is 0 Å². The Labute approximate surface area is 99.2 Å². The smallest absolute Gasteiger partial charge is 0.303 e. The molecule has 0 unspecified atom stereocenters. The van der Waals surface area contributed by atoms with Gasteiger partial charge in [-0.05, 0) is 19.4 Å². The molecule has 5 heteroatoms. The van der Waals surface area contributed by atoms with Crippen molar-refractivity contribution in [1.82, 2.24) is 4.98 Å². The number of ketones is 2. The van der Waals surface area contributed by atoms with E-state index in [1.54, 1.807) is 6.92 Å². The third-order valence-corrected chi connectivity index (χ3v) is 2.45. The van der Waals surface area contributed by atoms with E-state index in [4.69, 9.17) is 4.74 Å². The average Bonchev–Trinajstić information content (AvgIpc) is 2.52. The summed E-state index contributed by atoms with van der Waals surface area (Å²) in [5, 5.41) is 0. The molecule has 0 saturated carbocycles. The van der Waals surface area contributed by atoms with Gasteiger partial charge in [0.25, 0.3) is 0 Å². The number of aromatic amines is 1. The van der Waals surface area contributed by atoms with Gasteiger partial charge in [-0.1, -0.05) is 0 Å². The van der Waals surface area contributed by atoms with Crippen LogP contribution in [0.1, 0.15) is 52.9 Å². The monoisotopic (exact) mass is 237 g/mol. The lowest BCUT2D eigenvalue weighted by atomic mass is 10.1. The van der Waals surface area contributed by atoms with Gasteiger partial charge in [-0.2, -0.15) is 0 Å². The van der Waals surface area contributed by atoms with Gasteiger partial charge < -0.3 is 9.72 Å². The minimum atomic E-state index is -0.434. The lowest BCUT2D eigenvalue weighted by molar-refractivity contribution is -0.142. The van der Waals surface area contributed by atoms with Crippen molar-refractivity contribution >= 4 is 17.5 Å². The van der Waals surface area contributed by atoms with Crippen LogP contribution >= 0.6 is 0 Å². The Bertz CT molecular complexity index is 485. The van der Waals surface area contributed by atoms with E-state index < -0.39 is 5.97 Å². The second-order valence-corrected chi connectivity index (χ2v) is 3.87. The zero-order chi connectivity index (χ0) is 13.2. The maximum absolute atomic E-state index is 11.5. The number of carbonyl (C=O) groups is 3. The molecule has 0 aliphatic carbocycles. The minimum Gasteiger partial charge on any atom is -0.459 e. The molecule has 1 N–H and O–H groups in total. The van der Waals surface area contributed by atoms with Gasteiger partial charge >= 0.3 is 5.97 Å². The Morgan fingerprint density at radius 3 is 2.12 bits per heavy atom. The molecule has 0 aliphatic rings. The summed E-state index contributed by atoms with van der Waals surface area (Å²) < 4.78 is 4.83.